The van der Waals surface area contributed by atoms with Crippen LogP contribution in [0.15, 0.2) is 54.6 Å². The average Bonchev–Trinajstić information content (AvgIpc) is 2.53. The Hall–Kier alpha value is -2.49. The Kier molecular flexibility index (Phi) is 6.03. The molecule has 0 saturated carbocycles. The van der Waals surface area contributed by atoms with Crippen molar-refractivity contribution in [2.75, 3.05) is 0 Å². The zero-order valence-electron chi connectivity index (χ0n) is 13.8. The third-order valence-corrected chi connectivity index (χ3v) is 3.16. The fraction of sp³-hybridized carbons (Fsp3) is 0.316. The van der Waals surface area contributed by atoms with Crippen LogP contribution >= 0.6 is 0 Å². The summed E-state index contributed by atoms with van der Waals surface area (Å²) < 4.78 is 11.3. The monoisotopic (exact) mass is 313 g/mol. The van der Waals surface area contributed by atoms with Crippen LogP contribution in [0.25, 0.3) is 0 Å². The summed E-state index contributed by atoms with van der Waals surface area (Å²) in [6.07, 6.45) is -0.424. The highest BCUT2D eigenvalue weighted by Crippen LogP contribution is 2.15. The summed E-state index contributed by atoms with van der Waals surface area (Å²) in [5.41, 5.74) is 0.989. The van der Waals surface area contributed by atoms with Crippen molar-refractivity contribution in [3.8, 4) is 11.5 Å². The fourth-order valence-corrected chi connectivity index (χ4v) is 2.09. The molecule has 0 aliphatic carbocycles. The van der Waals surface area contributed by atoms with Gasteiger partial charge in [-0.2, -0.15) is 0 Å². The molecular weight excluding hydrogens is 290 g/mol. The summed E-state index contributed by atoms with van der Waals surface area (Å²) in [6, 6.07) is 17.0. The summed E-state index contributed by atoms with van der Waals surface area (Å²) >= 11 is 0. The van der Waals surface area contributed by atoms with E-state index in [0.717, 1.165) is 11.3 Å². The van der Waals surface area contributed by atoms with Crippen molar-refractivity contribution in [3.05, 3.63) is 60.2 Å². The number of amides is 1. The summed E-state index contributed by atoms with van der Waals surface area (Å²) in [4.78, 5) is 12.1. The van der Waals surface area contributed by atoms with Gasteiger partial charge >= 0.3 is 0 Å². The predicted molar refractivity (Wildman–Crippen MR) is 90.6 cm³/mol. The Morgan fingerprint density at radius 1 is 0.957 bits per heavy atom. The minimum atomic E-state index is -0.549. The molecule has 23 heavy (non-hydrogen) atoms. The molecule has 0 aliphatic heterocycles. The zero-order chi connectivity index (χ0) is 16.7. The number of ether oxygens (including phenoxy) is 2. The van der Waals surface area contributed by atoms with Crippen LogP contribution in [0.1, 0.15) is 26.3 Å². The first kappa shape index (κ1) is 16.9. The van der Waals surface area contributed by atoms with E-state index in [1.165, 1.54) is 0 Å². The summed E-state index contributed by atoms with van der Waals surface area (Å²) in [6.45, 7) is 6.14. The Morgan fingerprint density at radius 2 is 1.65 bits per heavy atom. The summed E-state index contributed by atoms with van der Waals surface area (Å²) in [5, 5.41) is 2.88. The maximum Gasteiger partial charge on any atom is 0.261 e. The number of benzene rings is 2. The molecule has 4 heteroatoms. The Labute approximate surface area is 137 Å². The molecule has 0 heterocycles. The molecule has 2 rings (SSSR count). The number of hydrogen-bond donors (Lipinski definition) is 1. The van der Waals surface area contributed by atoms with E-state index >= 15 is 0 Å². The van der Waals surface area contributed by atoms with Crippen molar-refractivity contribution < 1.29 is 14.3 Å². The lowest BCUT2D eigenvalue weighted by Gasteiger charge is -2.15. The van der Waals surface area contributed by atoms with Gasteiger partial charge in [0.15, 0.2) is 6.10 Å². The van der Waals surface area contributed by atoms with Gasteiger partial charge in [-0.1, -0.05) is 30.3 Å². The first-order chi connectivity index (χ1) is 11.0. The summed E-state index contributed by atoms with van der Waals surface area (Å²) in [7, 11) is 0. The van der Waals surface area contributed by atoms with Crippen molar-refractivity contribution in [2.45, 2.75) is 39.5 Å². The van der Waals surface area contributed by atoms with Gasteiger partial charge in [0.1, 0.15) is 11.5 Å². The second-order valence-corrected chi connectivity index (χ2v) is 5.60. The third kappa shape index (κ3) is 5.66. The van der Waals surface area contributed by atoms with Gasteiger partial charge in [-0.15, -0.1) is 0 Å². The standard InChI is InChI=1S/C19H23NO3/c1-14(2)22-18-11-7-8-16(12-18)13-20-19(21)15(3)23-17-9-5-4-6-10-17/h4-12,14-15H,13H2,1-3H3,(H,20,21)/t15-/m0/s1. The molecule has 0 bridgehead atoms. The van der Waals surface area contributed by atoms with E-state index in [-0.39, 0.29) is 12.0 Å². The third-order valence-electron chi connectivity index (χ3n) is 3.16. The number of hydrogen-bond acceptors (Lipinski definition) is 3. The first-order valence-electron chi connectivity index (χ1n) is 7.79. The van der Waals surface area contributed by atoms with E-state index in [0.29, 0.717) is 12.3 Å². The first-order valence-corrected chi connectivity index (χ1v) is 7.79. The number of carbonyl (C=O) groups excluding carboxylic acids is 1. The predicted octanol–water partition coefficient (Wildman–Crippen LogP) is 3.56. The van der Waals surface area contributed by atoms with E-state index < -0.39 is 6.10 Å². The Morgan fingerprint density at radius 3 is 2.35 bits per heavy atom. The van der Waals surface area contributed by atoms with Crippen molar-refractivity contribution >= 4 is 5.91 Å². The van der Waals surface area contributed by atoms with E-state index in [1.807, 2.05) is 68.4 Å². The van der Waals surface area contributed by atoms with Crippen LogP contribution in [0.3, 0.4) is 0 Å². The van der Waals surface area contributed by atoms with Gasteiger partial charge in [0.25, 0.3) is 5.91 Å². The molecular formula is C19H23NO3. The molecule has 0 saturated heterocycles. The molecule has 0 fully saturated rings. The highest BCUT2D eigenvalue weighted by molar-refractivity contribution is 5.80. The van der Waals surface area contributed by atoms with E-state index in [4.69, 9.17) is 9.47 Å². The molecule has 0 aliphatic rings. The normalized spacial score (nSPS) is 11.8. The zero-order valence-corrected chi connectivity index (χ0v) is 13.8. The molecule has 122 valence electrons. The smallest absolute Gasteiger partial charge is 0.261 e. The quantitative estimate of drug-likeness (QED) is 0.850. The van der Waals surface area contributed by atoms with Crippen LogP contribution in [0, 0.1) is 0 Å². The number of carbonyl (C=O) groups is 1. The molecule has 0 unspecified atom stereocenters. The lowest BCUT2D eigenvalue weighted by atomic mass is 10.2. The van der Waals surface area contributed by atoms with Crippen molar-refractivity contribution in [1.82, 2.24) is 5.32 Å². The van der Waals surface area contributed by atoms with Gasteiger partial charge in [-0.3, -0.25) is 4.79 Å². The van der Waals surface area contributed by atoms with Gasteiger partial charge < -0.3 is 14.8 Å². The molecule has 1 N–H and O–H groups in total. The maximum absolute atomic E-state index is 12.1. The largest absolute Gasteiger partial charge is 0.491 e. The molecule has 2 aromatic carbocycles. The lowest BCUT2D eigenvalue weighted by molar-refractivity contribution is -0.127. The van der Waals surface area contributed by atoms with Crippen molar-refractivity contribution in [3.63, 3.8) is 0 Å². The molecule has 0 radical (unpaired) electrons. The molecule has 0 aromatic heterocycles. The van der Waals surface area contributed by atoms with Crippen LogP contribution in [0.2, 0.25) is 0 Å². The lowest BCUT2D eigenvalue weighted by Crippen LogP contribution is -2.35. The topological polar surface area (TPSA) is 47.6 Å². The van der Waals surface area contributed by atoms with Gasteiger partial charge in [0.05, 0.1) is 6.10 Å². The van der Waals surface area contributed by atoms with Crippen LogP contribution in [-0.4, -0.2) is 18.1 Å². The molecule has 4 nitrogen and oxygen atoms in total. The van der Waals surface area contributed by atoms with Crippen molar-refractivity contribution in [1.29, 1.82) is 0 Å². The van der Waals surface area contributed by atoms with E-state index in [2.05, 4.69) is 5.32 Å². The van der Waals surface area contributed by atoms with Gasteiger partial charge in [0, 0.05) is 6.54 Å². The number of para-hydroxylation sites is 1. The van der Waals surface area contributed by atoms with Crippen LogP contribution in [0.5, 0.6) is 11.5 Å². The average molecular weight is 313 g/mol. The minimum Gasteiger partial charge on any atom is -0.491 e. The highest BCUT2D eigenvalue weighted by atomic mass is 16.5. The van der Waals surface area contributed by atoms with Crippen molar-refractivity contribution in [2.24, 2.45) is 0 Å². The minimum absolute atomic E-state index is 0.124. The second kappa shape index (κ2) is 8.22. The number of nitrogens with one attached hydrogen (secondary N) is 1. The highest BCUT2D eigenvalue weighted by Gasteiger charge is 2.14. The Balaban J connectivity index is 1.86. The van der Waals surface area contributed by atoms with E-state index in [9.17, 15) is 4.79 Å². The van der Waals surface area contributed by atoms with Crippen LogP contribution < -0.4 is 14.8 Å². The van der Waals surface area contributed by atoms with Gasteiger partial charge in [0.2, 0.25) is 0 Å². The molecule has 1 amide bonds. The molecule has 1 atom stereocenters. The second-order valence-electron chi connectivity index (χ2n) is 5.60. The molecule has 0 spiro atoms. The van der Waals surface area contributed by atoms with Gasteiger partial charge in [-0.25, -0.2) is 0 Å². The van der Waals surface area contributed by atoms with Crippen LogP contribution in [-0.2, 0) is 11.3 Å². The summed E-state index contributed by atoms with van der Waals surface area (Å²) in [5.74, 6) is 1.34. The van der Waals surface area contributed by atoms with Crippen LogP contribution in [0.4, 0.5) is 0 Å². The number of rotatable bonds is 7. The SMILES string of the molecule is CC(C)Oc1cccc(CNC(=O)[C@H](C)Oc2ccccc2)c1. The Bertz CT molecular complexity index is 626. The van der Waals surface area contributed by atoms with E-state index in [1.54, 1.807) is 6.92 Å². The van der Waals surface area contributed by atoms with Gasteiger partial charge in [-0.05, 0) is 50.6 Å². The molecule has 2 aromatic rings. The fourth-order valence-electron chi connectivity index (χ4n) is 2.09. The maximum atomic E-state index is 12.1.